The molecule has 3 aromatic carbocycles. The maximum Gasteiger partial charge on any atom is -0.109 e. The van der Waals surface area contributed by atoms with Crippen LogP contribution < -0.4 is 24.8 Å². The van der Waals surface area contributed by atoms with Crippen LogP contribution in [0.2, 0.25) is 0 Å². The topological polar surface area (TPSA) is 0 Å². The Bertz CT molecular complexity index is 1410. The first kappa shape index (κ1) is 36.8. The Morgan fingerprint density at radius 3 is 1.57 bits per heavy atom. The second-order valence-electron chi connectivity index (χ2n) is 13.0. The molecule has 0 aliphatic heterocycles. The molecule has 0 saturated heterocycles. The molecule has 0 nitrogen and oxygen atoms in total. The van der Waals surface area contributed by atoms with Crippen LogP contribution >= 0.6 is 0 Å². The minimum absolute atomic E-state index is 0. The summed E-state index contributed by atoms with van der Waals surface area (Å²) < 4.78 is 1.79. The van der Waals surface area contributed by atoms with Crippen LogP contribution in [0.25, 0.3) is 32.7 Å². The molecule has 0 atom stereocenters. The molecule has 3 aliphatic carbocycles. The molecule has 0 spiro atoms. The van der Waals surface area contributed by atoms with E-state index in [0.29, 0.717) is 0 Å². The number of halogens is 2. The number of unbranched alkanes of at least 4 members (excludes halogenated alkanes) is 2. The van der Waals surface area contributed by atoms with Crippen molar-refractivity contribution in [2.45, 2.75) is 111 Å². The predicted molar refractivity (Wildman–Crippen MR) is 176 cm³/mol. The van der Waals surface area contributed by atoms with Gasteiger partial charge in [-0.3, -0.25) is 6.08 Å². The summed E-state index contributed by atoms with van der Waals surface area (Å²) in [6.07, 6.45) is 23.1. The first-order valence-corrected chi connectivity index (χ1v) is 16.6. The summed E-state index contributed by atoms with van der Waals surface area (Å²) in [5.74, 6) is 0. The summed E-state index contributed by atoms with van der Waals surface area (Å²) in [7, 11) is 0. The molecule has 0 heterocycles. The molecule has 3 heteroatoms. The van der Waals surface area contributed by atoms with Gasteiger partial charge in [-0.1, -0.05) is 63.1 Å². The Labute approximate surface area is 283 Å². The summed E-state index contributed by atoms with van der Waals surface area (Å²) in [4.78, 5) is 0. The fraction of sp³-hybridized carbons (Fsp3) is 0.436. The van der Waals surface area contributed by atoms with Crippen molar-refractivity contribution in [3.63, 3.8) is 0 Å². The van der Waals surface area contributed by atoms with Gasteiger partial charge in [-0.2, -0.15) is 6.08 Å². The van der Waals surface area contributed by atoms with E-state index in [2.05, 4.69) is 110 Å². The molecule has 0 bridgehead atoms. The smallest absolute Gasteiger partial charge is 0.109 e. The molecule has 0 fully saturated rings. The van der Waals surface area contributed by atoms with Crippen LogP contribution in [0, 0.1) is 6.08 Å². The zero-order valence-corrected chi connectivity index (χ0v) is 30.9. The minimum Gasteiger partial charge on any atom is -1.00 e. The normalized spacial score (nSPS) is 16.3. The molecule has 3 aliphatic rings. The van der Waals surface area contributed by atoms with Crippen LogP contribution in [0.15, 0.2) is 60.7 Å². The van der Waals surface area contributed by atoms with Gasteiger partial charge < -0.3 is 24.8 Å². The summed E-state index contributed by atoms with van der Waals surface area (Å²) in [6.45, 7) is 18.3. The molecule has 0 amide bonds. The van der Waals surface area contributed by atoms with Crippen molar-refractivity contribution in [1.82, 2.24) is 0 Å². The number of allylic oxidation sites excluding steroid dienone is 8. The Hall–Kier alpha value is -1.40. The van der Waals surface area contributed by atoms with Crippen molar-refractivity contribution < 1.29 is 49.0 Å². The van der Waals surface area contributed by atoms with Gasteiger partial charge in [-0.15, -0.1) is 46.2 Å². The van der Waals surface area contributed by atoms with E-state index in [4.69, 9.17) is 0 Å². The number of fused-ring (bicyclic) bond motifs is 5. The van der Waals surface area contributed by atoms with Crippen LogP contribution in [0.4, 0.5) is 0 Å². The molecule has 3 aromatic rings. The Kier molecular flexibility index (Phi) is 13.6. The quantitative estimate of drug-likeness (QED) is 0.303. The molecule has 0 N–H and O–H groups in total. The molecule has 6 rings (SSSR count). The molecule has 224 valence electrons. The Balaban J connectivity index is 0.000000304. The van der Waals surface area contributed by atoms with Crippen LogP contribution in [0.1, 0.15) is 123 Å². The SMILES string of the molecule is CC1=CC(C)(C)c2cc3[cH-]c4cc5c(cc4c3cc21)C(C)=CC5(C)C.CCCC[C](=[Zr+2])CCCC.[C-]1=CC=CC1.[Cl-].[Cl-]. The maximum atomic E-state index is 2.99. The summed E-state index contributed by atoms with van der Waals surface area (Å²) >= 11 is 1.67. The minimum atomic E-state index is 0. The zero-order valence-electron chi connectivity index (χ0n) is 27.0. The van der Waals surface area contributed by atoms with E-state index in [-0.39, 0.29) is 35.6 Å². The van der Waals surface area contributed by atoms with Crippen LogP contribution in [-0.2, 0) is 35.1 Å². The third kappa shape index (κ3) is 8.20. The summed E-state index contributed by atoms with van der Waals surface area (Å²) in [5.41, 5.74) is 8.90. The van der Waals surface area contributed by atoms with Gasteiger partial charge in [0.1, 0.15) is 0 Å². The van der Waals surface area contributed by atoms with Gasteiger partial charge in [0.2, 0.25) is 0 Å². The van der Waals surface area contributed by atoms with E-state index < -0.39 is 0 Å². The number of benzene rings is 2. The summed E-state index contributed by atoms with van der Waals surface area (Å²) in [5, 5.41) is 5.57. The number of rotatable bonds is 6. The van der Waals surface area contributed by atoms with Gasteiger partial charge in [-0.05, 0) is 36.1 Å². The van der Waals surface area contributed by atoms with E-state index in [9.17, 15) is 0 Å². The van der Waals surface area contributed by atoms with Gasteiger partial charge >= 0.3 is 79.8 Å². The molecule has 0 aromatic heterocycles. The van der Waals surface area contributed by atoms with E-state index in [1.165, 1.54) is 93.5 Å². The van der Waals surface area contributed by atoms with E-state index in [0.717, 1.165) is 6.42 Å². The largest absolute Gasteiger partial charge is 1.00 e. The van der Waals surface area contributed by atoms with E-state index in [1.54, 1.807) is 27.4 Å². The second-order valence-corrected chi connectivity index (χ2v) is 14.8. The third-order valence-electron chi connectivity index (χ3n) is 8.62. The van der Waals surface area contributed by atoms with E-state index >= 15 is 0 Å². The zero-order chi connectivity index (χ0) is 29.1. The molecular formula is C39H48Cl2Zr-2. The fourth-order valence-electron chi connectivity index (χ4n) is 6.46. The molecule has 42 heavy (non-hydrogen) atoms. The van der Waals surface area contributed by atoms with Crippen LogP contribution in [0.5, 0.6) is 0 Å². The Morgan fingerprint density at radius 1 is 0.786 bits per heavy atom. The average Bonchev–Trinajstić information content (AvgIpc) is 3.67. The van der Waals surface area contributed by atoms with E-state index in [1.807, 2.05) is 12.2 Å². The third-order valence-corrected chi connectivity index (χ3v) is 9.85. The Morgan fingerprint density at radius 2 is 1.24 bits per heavy atom. The van der Waals surface area contributed by atoms with Crippen molar-refractivity contribution in [2.24, 2.45) is 0 Å². The first-order chi connectivity index (χ1) is 19.0. The summed E-state index contributed by atoms with van der Waals surface area (Å²) in [6, 6.07) is 12.1. The maximum absolute atomic E-state index is 2.99. The average molecular weight is 679 g/mol. The standard InChI is InChI=1S/C25H25.C9H18.C5H5.2ClH.Zr/c1-14-12-24(3,4)22-8-16-7-17-9-23-19(15(2)13-25(23,5)6)11-21(17)20(16)10-18(14)22;1-3-5-7-9-8-6-4-2;1-2-4-5-3-1;;;/h7-13H,1-6H3;3-8H2,1-2H3;1-3H,4H2;2*1H;/q-1;;-1;;;+2/p-2. The predicted octanol–water partition coefficient (Wildman–Crippen LogP) is 5.50. The van der Waals surface area contributed by atoms with Crippen molar-refractivity contribution in [3.8, 4) is 0 Å². The van der Waals surface area contributed by atoms with Crippen LogP contribution in [-0.4, -0.2) is 3.21 Å². The first-order valence-electron chi connectivity index (χ1n) is 15.4. The molecule has 0 radical (unpaired) electrons. The van der Waals surface area contributed by atoms with Crippen molar-refractivity contribution in [1.29, 1.82) is 0 Å². The van der Waals surface area contributed by atoms with Crippen molar-refractivity contribution >= 4 is 35.9 Å². The fourth-order valence-corrected chi connectivity index (χ4v) is 7.33. The molecule has 0 saturated carbocycles. The van der Waals surface area contributed by atoms with Crippen molar-refractivity contribution in [2.75, 3.05) is 0 Å². The number of hydrogen-bond acceptors (Lipinski definition) is 0. The van der Waals surface area contributed by atoms with Gasteiger partial charge in [0, 0.05) is 10.8 Å². The second kappa shape index (κ2) is 15.6. The van der Waals surface area contributed by atoms with Crippen LogP contribution in [0.3, 0.4) is 0 Å². The van der Waals surface area contributed by atoms with Gasteiger partial charge in [0.05, 0.1) is 0 Å². The van der Waals surface area contributed by atoms with Gasteiger partial charge in [0.25, 0.3) is 0 Å². The van der Waals surface area contributed by atoms with Crippen molar-refractivity contribution in [3.05, 3.63) is 89.0 Å². The number of hydrogen-bond donors (Lipinski definition) is 0. The monoisotopic (exact) mass is 676 g/mol. The van der Waals surface area contributed by atoms with Gasteiger partial charge in [-0.25, -0.2) is 12.2 Å². The molecule has 0 unspecified atom stereocenters. The molecular weight excluding hydrogens is 631 g/mol. The van der Waals surface area contributed by atoms with Gasteiger partial charge in [0.15, 0.2) is 0 Å².